The van der Waals surface area contributed by atoms with Crippen molar-refractivity contribution in [3.63, 3.8) is 0 Å². The zero-order valence-electron chi connectivity index (χ0n) is 21.1. The fourth-order valence-electron chi connectivity index (χ4n) is 4.31. The number of aromatic nitrogens is 2. The van der Waals surface area contributed by atoms with Crippen LogP contribution >= 0.6 is 0 Å². The van der Waals surface area contributed by atoms with Crippen LogP contribution in [0.5, 0.6) is 0 Å². The van der Waals surface area contributed by atoms with E-state index in [2.05, 4.69) is 27.6 Å². The molecule has 0 aliphatic carbocycles. The molecule has 0 radical (unpaired) electrons. The Morgan fingerprint density at radius 1 is 1.05 bits per heavy atom. The summed E-state index contributed by atoms with van der Waals surface area (Å²) in [6.45, 7) is 3.76. The fourth-order valence-corrected chi connectivity index (χ4v) is 4.31. The van der Waals surface area contributed by atoms with Gasteiger partial charge in [-0.1, -0.05) is 35.5 Å². The highest BCUT2D eigenvalue weighted by atomic mass is 19.4. The largest absolute Gasteiger partial charge is 0.401 e. The van der Waals surface area contributed by atoms with Gasteiger partial charge in [0.2, 0.25) is 5.91 Å². The first kappa shape index (κ1) is 26.9. The van der Waals surface area contributed by atoms with Gasteiger partial charge in [0, 0.05) is 36.7 Å². The van der Waals surface area contributed by atoms with Crippen LogP contribution in [0.3, 0.4) is 0 Å². The summed E-state index contributed by atoms with van der Waals surface area (Å²) >= 11 is 0. The van der Waals surface area contributed by atoms with Gasteiger partial charge < -0.3 is 14.6 Å². The highest BCUT2D eigenvalue weighted by molar-refractivity contribution is 5.91. The topological polar surface area (TPSA) is 77.2 Å². The molecule has 1 aliphatic rings. The number of anilines is 1. The van der Waals surface area contributed by atoms with Gasteiger partial charge in [0.05, 0.1) is 6.42 Å². The van der Waals surface area contributed by atoms with Crippen molar-refractivity contribution in [2.75, 3.05) is 18.5 Å². The third-order valence-electron chi connectivity index (χ3n) is 6.97. The molecule has 4 rings (SSSR count). The Labute approximate surface area is 214 Å². The van der Waals surface area contributed by atoms with Gasteiger partial charge in [-0.25, -0.2) is 0 Å². The molecule has 0 unspecified atom stereocenters. The molecule has 3 aromatic rings. The first-order chi connectivity index (χ1) is 17.6. The molecule has 0 spiro atoms. The van der Waals surface area contributed by atoms with Crippen LogP contribution in [0.15, 0.2) is 53.2 Å². The third kappa shape index (κ3) is 6.97. The Morgan fingerprint density at radius 2 is 1.76 bits per heavy atom. The number of halogens is 3. The van der Waals surface area contributed by atoms with Crippen LogP contribution in [-0.2, 0) is 27.8 Å². The quantitative estimate of drug-likeness (QED) is 0.352. The van der Waals surface area contributed by atoms with Crippen LogP contribution in [0.2, 0.25) is 0 Å². The molecule has 198 valence electrons. The van der Waals surface area contributed by atoms with E-state index in [1.165, 1.54) is 6.42 Å². The monoisotopic (exact) mass is 515 g/mol. The Kier molecular flexibility index (Phi) is 8.32. The van der Waals surface area contributed by atoms with Crippen molar-refractivity contribution in [1.82, 2.24) is 10.1 Å². The van der Waals surface area contributed by atoms with Gasteiger partial charge >= 0.3 is 6.18 Å². The number of benzene rings is 1. The average molecular weight is 516 g/mol. The number of rotatable bonds is 9. The molecular weight excluding hydrogens is 483 g/mol. The Bertz CT molecular complexity index is 1170. The first-order valence-electron chi connectivity index (χ1n) is 12.6. The van der Waals surface area contributed by atoms with Gasteiger partial charge in [-0.2, -0.15) is 13.2 Å². The number of aryl methyl sites for hydroxylation is 1. The molecule has 6 nitrogen and oxygen atoms in total. The summed E-state index contributed by atoms with van der Waals surface area (Å²) in [6.07, 6.45) is 3.04. The molecule has 37 heavy (non-hydrogen) atoms. The van der Waals surface area contributed by atoms with Crippen molar-refractivity contribution >= 4 is 11.7 Å². The van der Waals surface area contributed by atoms with Crippen molar-refractivity contribution in [1.29, 1.82) is 0 Å². The van der Waals surface area contributed by atoms with Crippen molar-refractivity contribution in [2.24, 2.45) is 5.92 Å². The number of hydrogen-bond donors (Lipinski definition) is 1. The van der Waals surface area contributed by atoms with Crippen molar-refractivity contribution in [3.05, 3.63) is 65.7 Å². The minimum Gasteiger partial charge on any atom is -0.381 e. The minimum absolute atomic E-state index is 0.0483. The van der Waals surface area contributed by atoms with Gasteiger partial charge in [0.1, 0.15) is 5.41 Å². The van der Waals surface area contributed by atoms with Crippen molar-refractivity contribution in [3.8, 4) is 11.1 Å². The van der Waals surface area contributed by atoms with E-state index in [-0.39, 0.29) is 18.0 Å². The summed E-state index contributed by atoms with van der Waals surface area (Å²) in [5.74, 6) is -0.0424. The number of amides is 1. The molecule has 0 saturated carbocycles. The number of nitrogens with one attached hydrogen (secondary N) is 1. The van der Waals surface area contributed by atoms with E-state index in [0.29, 0.717) is 0 Å². The van der Waals surface area contributed by atoms with E-state index >= 15 is 0 Å². The maximum Gasteiger partial charge on any atom is 0.401 e. The zero-order chi connectivity index (χ0) is 26.5. The van der Waals surface area contributed by atoms with Crippen molar-refractivity contribution in [2.45, 2.75) is 64.0 Å². The lowest BCUT2D eigenvalue weighted by molar-refractivity contribution is -0.185. The molecule has 1 saturated heterocycles. The Morgan fingerprint density at radius 3 is 2.41 bits per heavy atom. The summed E-state index contributed by atoms with van der Waals surface area (Å²) in [5.41, 5.74) is 1.61. The second kappa shape index (κ2) is 11.5. The van der Waals surface area contributed by atoms with Crippen LogP contribution in [0.4, 0.5) is 19.0 Å². The average Bonchev–Trinajstić information content (AvgIpc) is 3.34. The number of ether oxygens (including phenoxy) is 1. The van der Waals surface area contributed by atoms with Crippen LogP contribution in [0, 0.1) is 5.92 Å². The molecule has 0 bridgehead atoms. The second-order valence-electron chi connectivity index (χ2n) is 10.1. The van der Waals surface area contributed by atoms with Gasteiger partial charge in [-0.05, 0) is 69.1 Å². The normalized spacial score (nSPS) is 15.1. The lowest BCUT2D eigenvalue weighted by atomic mass is 9.89. The molecule has 1 N–H and O–H groups in total. The number of hydrogen-bond acceptors (Lipinski definition) is 5. The molecule has 1 fully saturated rings. The fraction of sp³-hybridized carbons (Fsp3) is 0.464. The third-order valence-corrected chi connectivity index (χ3v) is 6.97. The number of carbonyl (C=O) groups excluding carboxylic acids is 1. The highest BCUT2D eigenvalue weighted by Crippen LogP contribution is 2.41. The van der Waals surface area contributed by atoms with E-state index in [9.17, 15) is 18.0 Å². The summed E-state index contributed by atoms with van der Waals surface area (Å²) in [6, 6.07) is 12.8. The van der Waals surface area contributed by atoms with Crippen LogP contribution < -0.4 is 5.32 Å². The Hall–Kier alpha value is -3.20. The summed E-state index contributed by atoms with van der Waals surface area (Å²) < 4.78 is 49.8. The van der Waals surface area contributed by atoms with Crippen molar-refractivity contribution < 1.29 is 27.2 Å². The highest BCUT2D eigenvalue weighted by Gasteiger charge is 2.51. The van der Waals surface area contributed by atoms with Crippen LogP contribution in [0.1, 0.15) is 56.5 Å². The molecule has 3 heterocycles. The van der Waals surface area contributed by atoms with E-state index in [1.54, 1.807) is 0 Å². The number of pyridine rings is 1. The Balaban J connectivity index is 1.27. The van der Waals surface area contributed by atoms with E-state index in [4.69, 9.17) is 9.26 Å². The SMILES string of the molecule is CC(C)(c1cc(NC(=O)Cc2ccc(-c3ccc(CCCC4CCOCC4)nc3)cc2)no1)C(F)(F)F. The first-order valence-corrected chi connectivity index (χ1v) is 12.6. The summed E-state index contributed by atoms with van der Waals surface area (Å²) in [7, 11) is 0. The molecule has 1 aromatic carbocycles. The molecule has 1 aliphatic heterocycles. The number of carbonyl (C=O) groups is 1. The molecule has 0 atom stereocenters. The van der Waals surface area contributed by atoms with Crippen LogP contribution in [0.25, 0.3) is 11.1 Å². The van der Waals surface area contributed by atoms with Gasteiger partial charge in [-0.15, -0.1) is 0 Å². The second-order valence-corrected chi connectivity index (χ2v) is 10.1. The lowest BCUT2D eigenvalue weighted by Gasteiger charge is -2.24. The van der Waals surface area contributed by atoms with Gasteiger partial charge in [0.15, 0.2) is 11.6 Å². The van der Waals surface area contributed by atoms with E-state index in [1.807, 2.05) is 30.5 Å². The summed E-state index contributed by atoms with van der Waals surface area (Å²) in [5, 5.41) is 6.06. The standard InChI is InChI=1S/C28H32F3N3O3/c1-27(2,28(29,30)31)24-17-25(34-37-24)33-26(35)16-20-6-8-21(9-7-20)22-10-11-23(32-18-22)5-3-4-19-12-14-36-15-13-19/h6-11,17-19H,3-5,12-16H2,1-2H3,(H,33,34,35). The lowest BCUT2D eigenvalue weighted by Crippen LogP contribution is -2.35. The summed E-state index contributed by atoms with van der Waals surface area (Å²) in [4.78, 5) is 17.0. The molecule has 9 heteroatoms. The van der Waals surface area contributed by atoms with Gasteiger partial charge in [-0.3, -0.25) is 9.78 Å². The van der Waals surface area contributed by atoms with E-state index < -0.39 is 17.5 Å². The predicted octanol–water partition coefficient (Wildman–Crippen LogP) is 6.51. The molecular formula is C28H32F3N3O3. The maximum atomic E-state index is 13.2. The predicted molar refractivity (Wildman–Crippen MR) is 134 cm³/mol. The smallest absolute Gasteiger partial charge is 0.381 e. The maximum absolute atomic E-state index is 13.2. The molecule has 1 amide bonds. The minimum atomic E-state index is -4.50. The molecule has 2 aromatic heterocycles. The van der Waals surface area contributed by atoms with Crippen LogP contribution in [-0.4, -0.2) is 35.4 Å². The number of nitrogens with zero attached hydrogens (tertiary/aromatic N) is 2. The van der Waals surface area contributed by atoms with E-state index in [0.717, 1.165) is 87.1 Å². The number of alkyl halides is 3. The zero-order valence-corrected chi connectivity index (χ0v) is 21.1. The van der Waals surface area contributed by atoms with Gasteiger partial charge in [0.25, 0.3) is 0 Å².